The van der Waals surface area contributed by atoms with Gasteiger partial charge >= 0.3 is 0 Å². The summed E-state index contributed by atoms with van der Waals surface area (Å²) in [6.45, 7) is 0.649. The number of hydrogen-bond donors (Lipinski definition) is 1. The van der Waals surface area contributed by atoms with Gasteiger partial charge in [0.1, 0.15) is 5.01 Å². The summed E-state index contributed by atoms with van der Waals surface area (Å²) >= 11 is 13.8. The van der Waals surface area contributed by atoms with E-state index in [2.05, 4.69) is 35.6 Å². The quantitative estimate of drug-likeness (QED) is 0.414. The van der Waals surface area contributed by atoms with Crippen LogP contribution in [0, 0.1) is 0 Å². The molecular formula is C20H14Cl2N2S. The zero-order valence-corrected chi connectivity index (χ0v) is 15.5. The van der Waals surface area contributed by atoms with Crippen molar-refractivity contribution in [3.05, 3.63) is 82.3 Å². The molecular weight excluding hydrogens is 371 g/mol. The van der Waals surface area contributed by atoms with Gasteiger partial charge in [0.05, 0.1) is 10.2 Å². The van der Waals surface area contributed by atoms with Crippen LogP contribution in [-0.2, 0) is 6.54 Å². The number of benzene rings is 3. The Balaban J connectivity index is 1.49. The van der Waals surface area contributed by atoms with Crippen molar-refractivity contribution >= 4 is 50.4 Å². The van der Waals surface area contributed by atoms with E-state index in [1.54, 1.807) is 17.4 Å². The maximum atomic E-state index is 6.21. The van der Waals surface area contributed by atoms with Gasteiger partial charge < -0.3 is 5.32 Å². The van der Waals surface area contributed by atoms with E-state index < -0.39 is 0 Å². The molecule has 3 aromatic carbocycles. The highest BCUT2D eigenvalue weighted by Crippen LogP contribution is 2.30. The van der Waals surface area contributed by atoms with Crippen LogP contribution in [0.15, 0.2) is 66.7 Å². The van der Waals surface area contributed by atoms with E-state index >= 15 is 0 Å². The lowest BCUT2D eigenvalue weighted by molar-refractivity contribution is 1.15. The molecule has 1 aromatic heterocycles. The van der Waals surface area contributed by atoms with Crippen molar-refractivity contribution in [2.75, 3.05) is 5.32 Å². The Labute approximate surface area is 160 Å². The van der Waals surface area contributed by atoms with Crippen LogP contribution in [0.3, 0.4) is 0 Å². The minimum atomic E-state index is 0.647. The van der Waals surface area contributed by atoms with Crippen LogP contribution in [0.5, 0.6) is 0 Å². The summed E-state index contributed by atoms with van der Waals surface area (Å²) in [4.78, 5) is 4.69. The van der Waals surface area contributed by atoms with Crippen LogP contribution in [0.2, 0.25) is 10.0 Å². The van der Waals surface area contributed by atoms with E-state index in [1.807, 2.05) is 30.3 Å². The molecule has 0 amide bonds. The van der Waals surface area contributed by atoms with Crippen molar-refractivity contribution in [1.82, 2.24) is 4.98 Å². The van der Waals surface area contributed by atoms with Gasteiger partial charge in [0, 0.05) is 27.8 Å². The number of fused-ring (bicyclic) bond motifs is 1. The maximum absolute atomic E-state index is 6.21. The first-order valence-electron chi connectivity index (χ1n) is 7.83. The molecule has 0 saturated heterocycles. The minimum Gasteiger partial charge on any atom is -0.381 e. The summed E-state index contributed by atoms with van der Waals surface area (Å²) in [7, 11) is 0. The molecule has 1 heterocycles. The maximum Gasteiger partial charge on any atom is 0.124 e. The van der Waals surface area contributed by atoms with Gasteiger partial charge in [0.2, 0.25) is 0 Å². The molecule has 0 aliphatic carbocycles. The molecule has 4 aromatic rings. The Morgan fingerprint density at radius 2 is 1.72 bits per heavy atom. The molecule has 0 aliphatic heterocycles. The highest BCUT2D eigenvalue weighted by molar-refractivity contribution is 7.21. The van der Waals surface area contributed by atoms with Gasteiger partial charge in [0.25, 0.3) is 0 Å². The van der Waals surface area contributed by atoms with Crippen molar-refractivity contribution in [1.29, 1.82) is 0 Å². The molecule has 124 valence electrons. The van der Waals surface area contributed by atoms with Crippen molar-refractivity contribution < 1.29 is 0 Å². The van der Waals surface area contributed by atoms with Crippen LogP contribution >= 0.6 is 34.5 Å². The number of anilines is 1. The van der Waals surface area contributed by atoms with Crippen LogP contribution in [0.25, 0.3) is 20.8 Å². The molecule has 1 N–H and O–H groups in total. The molecule has 4 rings (SSSR count). The topological polar surface area (TPSA) is 24.9 Å². The van der Waals surface area contributed by atoms with Crippen LogP contribution in [-0.4, -0.2) is 4.98 Å². The predicted octanol–water partition coefficient (Wildman–Crippen LogP) is 6.88. The second-order valence-electron chi connectivity index (χ2n) is 5.65. The van der Waals surface area contributed by atoms with E-state index in [4.69, 9.17) is 28.2 Å². The number of nitrogens with one attached hydrogen (secondary N) is 1. The third-order valence-electron chi connectivity index (χ3n) is 3.92. The van der Waals surface area contributed by atoms with Gasteiger partial charge in [-0.05, 0) is 54.1 Å². The first kappa shape index (κ1) is 16.4. The zero-order valence-electron chi connectivity index (χ0n) is 13.2. The van der Waals surface area contributed by atoms with E-state index in [0.717, 1.165) is 27.3 Å². The van der Waals surface area contributed by atoms with Crippen LogP contribution in [0.4, 0.5) is 5.69 Å². The monoisotopic (exact) mass is 384 g/mol. The van der Waals surface area contributed by atoms with Crippen molar-refractivity contribution in [3.8, 4) is 10.6 Å². The zero-order chi connectivity index (χ0) is 17.2. The largest absolute Gasteiger partial charge is 0.381 e. The van der Waals surface area contributed by atoms with Crippen LogP contribution < -0.4 is 5.32 Å². The smallest absolute Gasteiger partial charge is 0.124 e. The van der Waals surface area contributed by atoms with Crippen LogP contribution in [0.1, 0.15) is 5.56 Å². The van der Waals surface area contributed by atoms with E-state index in [1.165, 1.54) is 4.70 Å². The standard InChI is InChI=1S/C20H14Cl2N2S/c21-15-8-5-14(17(22)11-15)12-23-16-9-6-13(7-10-16)20-24-18-3-1-2-4-19(18)25-20/h1-11,23H,12H2. The first-order chi connectivity index (χ1) is 12.2. The van der Waals surface area contributed by atoms with Gasteiger partial charge in [0.15, 0.2) is 0 Å². The average Bonchev–Trinajstić information content (AvgIpc) is 3.05. The lowest BCUT2D eigenvalue weighted by Crippen LogP contribution is -1.99. The van der Waals surface area contributed by atoms with E-state index in [0.29, 0.717) is 16.6 Å². The molecule has 0 spiro atoms. The van der Waals surface area contributed by atoms with Gasteiger partial charge in [-0.15, -0.1) is 11.3 Å². The van der Waals surface area contributed by atoms with Crippen molar-refractivity contribution in [2.24, 2.45) is 0 Å². The summed E-state index contributed by atoms with van der Waals surface area (Å²) in [6.07, 6.45) is 0. The van der Waals surface area contributed by atoms with Gasteiger partial charge in [-0.25, -0.2) is 4.98 Å². The minimum absolute atomic E-state index is 0.647. The molecule has 0 bridgehead atoms. The number of rotatable bonds is 4. The van der Waals surface area contributed by atoms with Gasteiger partial charge in [-0.1, -0.05) is 41.4 Å². The number of para-hydroxylation sites is 1. The Morgan fingerprint density at radius 3 is 2.48 bits per heavy atom. The SMILES string of the molecule is Clc1ccc(CNc2ccc(-c3nc4ccccc4s3)cc2)c(Cl)c1. The van der Waals surface area contributed by atoms with Crippen molar-refractivity contribution in [3.63, 3.8) is 0 Å². The highest BCUT2D eigenvalue weighted by atomic mass is 35.5. The number of nitrogens with zero attached hydrogens (tertiary/aromatic N) is 1. The third-order valence-corrected chi connectivity index (χ3v) is 5.60. The van der Waals surface area contributed by atoms with E-state index in [-0.39, 0.29) is 0 Å². The highest BCUT2D eigenvalue weighted by Gasteiger charge is 2.06. The summed E-state index contributed by atoms with van der Waals surface area (Å²) < 4.78 is 1.21. The summed E-state index contributed by atoms with van der Waals surface area (Å²) in [5.41, 5.74) is 4.22. The molecule has 2 nitrogen and oxygen atoms in total. The fourth-order valence-corrected chi connectivity index (χ4v) is 4.04. The van der Waals surface area contributed by atoms with Gasteiger partial charge in [-0.2, -0.15) is 0 Å². The lowest BCUT2D eigenvalue weighted by Gasteiger charge is -2.09. The Kier molecular flexibility index (Phi) is 4.62. The van der Waals surface area contributed by atoms with E-state index in [9.17, 15) is 0 Å². The number of aromatic nitrogens is 1. The third kappa shape index (κ3) is 3.64. The molecule has 0 unspecified atom stereocenters. The second-order valence-corrected chi connectivity index (χ2v) is 7.53. The first-order valence-corrected chi connectivity index (χ1v) is 9.40. The fourth-order valence-electron chi connectivity index (χ4n) is 2.59. The normalized spacial score (nSPS) is 11.0. The lowest BCUT2D eigenvalue weighted by atomic mass is 10.2. The molecule has 0 fully saturated rings. The predicted molar refractivity (Wildman–Crippen MR) is 109 cm³/mol. The molecule has 0 aliphatic rings. The molecule has 5 heteroatoms. The number of halogens is 2. The Hall–Kier alpha value is -2.07. The number of hydrogen-bond acceptors (Lipinski definition) is 3. The molecule has 0 saturated carbocycles. The average molecular weight is 385 g/mol. The van der Waals surface area contributed by atoms with Crippen molar-refractivity contribution in [2.45, 2.75) is 6.54 Å². The summed E-state index contributed by atoms with van der Waals surface area (Å²) in [5.74, 6) is 0. The molecule has 0 radical (unpaired) electrons. The Bertz CT molecular complexity index is 992. The summed E-state index contributed by atoms with van der Waals surface area (Å²) in [5, 5.41) is 5.74. The summed E-state index contributed by atoms with van der Waals surface area (Å²) in [6, 6.07) is 22.0. The van der Waals surface area contributed by atoms with Gasteiger partial charge in [-0.3, -0.25) is 0 Å². The Morgan fingerprint density at radius 1 is 0.920 bits per heavy atom. The fraction of sp³-hybridized carbons (Fsp3) is 0.0500. The second kappa shape index (κ2) is 7.04. The molecule has 25 heavy (non-hydrogen) atoms. The molecule has 0 atom stereocenters. The number of thiazole rings is 1.